The maximum atomic E-state index is 5.11. The van der Waals surface area contributed by atoms with Gasteiger partial charge in [0, 0.05) is 39.5 Å². The molecule has 2 rings (SSSR count). The summed E-state index contributed by atoms with van der Waals surface area (Å²) >= 11 is 0. The zero-order valence-electron chi connectivity index (χ0n) is 12.9. The Balaban J connectivity index is 1.76. The first-order valence-corrected chi connectivity index (χ1v) is 7.78. The van der Waals surface area contributed by atoms with Gasteiger partial charge >= 0.3 is 0 Å². The second kappa shape index (κ2) is 8.27. The van der Waals surface area contributed by atoms with E-state index < -0.39 is 0 Å². The van der Waals surface area contributed by atoms with Crippen molar-refractivity contribution in [2.75, 3.05) is 45.2 Å². The number of methoxy groups -OCH3 is 1. The SMILES string of the molecule is COCCCn1cc(C)nc1NCCN1CCCCC1. The number of nitrogens with one attached hydrogen (secondary N) is 1. The molecule has 0 unspecified atom stereocenters. The minimum atomic E-state index is 0.796. The van der Waals surface area contributed by atoms with Gasteiger partial charge in [0.2, 0.25) is 5.95 Å². The molecule has 114 valence electrons. The Morgan fingerprint density at radius 1 is 1.25 bits per heavy atom. The highest BCUT2D eigenvalue weighted by Crippen LogP contribution is 2.10. The van der Waals surface area contributed by atoms with Crippen molar-refractivity contribution < 1.29 is 4.74 Å². The Bertz CT molecular complexity index is 385. The number of piperidine rings is 1. The van der Waals surface area contributed by atoms with Gasteiger partial charge in [0.25, 0.3) is 0 Å². The van der Waals surface area contributed by atoms with Crippen LogP contribution in [0.2, 0.25) is 0 Å². The summed E-state index contributed by atoms with van der Waals surface area (Å²) in [5.41, 5.74) is 1.07. The molecule has 0 radical (unpaired) electrons. The van der Waals surface area contributed by atoms with Gasteiger partial charge in [-0.25, -0.2) is 4.98 Å². The van der Waals surface area contributed by atoms with Crippen LogP contribution in [0.15, 0.2) is 6.20 Å². The highest BCUT2D eigenvalue weighted by molar-refractivity contribution is 5.28. The lowest BCUT2D eigenvalue weighted by Gasteiger charge is -2.26. The predicted octanol–water partition coefficient (Wildman–Crippen LogP) is 2.13. The van der Waals surface area contributed by atoms with Crippen molar-refractivity contribution in [2.45, 2.75) is 39.2 Å². The molecule has 1 N–H and O–H groups in total. The fourth-order valence-corrected chi connectivity index (χ4v) is 2.75. The summed E-state index contributed by atoms with van der Waals surface area (Å²) in [4.78, 5) is 7.11. The predicted molar refractivity (Wildman–Crippen MR) is 82.2 cm³/mol. The molecule has 0 atom stereocenters. The van der Waals surface area contributed by atoms with E-state index >= 15 is 0 Å². The van der Waals surface area contributed by atoms with Gasteiger partial charge in [0.15, 0.2) is 0 Å². The molecule has 1 fully saturated rings. The summed E-state index contributed by atoms with van der Waals surface area (Å²) in [6.45, 7) is 8.39. The summed E-state index contributed by atoms with van der Waals surface area (Å²) in [7, 11) is 1.75. The fraction of sp³-hybridized carbons (Fsp3) is 0.800. The molecule has 1 saturated heterocycles. The second-order valence-electron chi connectivity index (χ2n) is 5.57. The van der Waals surface area contributed by atoms with Crippen LogP contribution in [0.5, 0.6) is 0 Å². The maximum Gasteiger partial charge on any atom is 0.203 e. The van der Waals surface area contributed by atoms with Gasteiger partial charge in [-0.2, -0.15) is 0 Å². The number of likely N-dealkylation sites (tertiary alicyclic amines) is 1. The van der Waals surface area contributed by atoms with Gasteiger partial charge in [0.05, 0.1) is 5.69 Å². The number of anilines is 1. The van der Waals surface area contributed by atoms with Crippen molar-refractivity contribution in [1.29, 1.82) is 0 Å². The Morgan fingerprint density at radius 2 is 2.05 bits per heavy atom. The quantitative estimate of drug-likeness (QED) is 0.741. The van der Waals surface area contributed by atoms with Crippen molar-refractivity contribution in [2.24, 2.45) is 0 Å². The van der Waals surface area contributed by atoms with E-state index in [0.717, 1.165) is 44.3 Å². The monoisotopic (exact) mass is 280 g/mol. The van der Waals surface area contributed by atoms with Crippen LogP contribution >= 0.6 is 0 Å². The molecule has 0 aliphatic carbocycles. The molecule has 5 heteroatoms. The van der Waals surface area contributed by atoms with E-state index in [1.54, 1.807) is 7.11 Å². The molecule has 2 heterocycles. The first-order chi connectivity index (χ1) is 9.79. The van der Waals surface area contributed by atoms with Gasteiger partial charge < -0.3 is 19.5 Å². The third-order valence-corrected chi connectivity index (χ3v) is 3.80. The molecular weight excluding hydrogens is 252 g/mol. The molecule has 0 spiro atoms. The van der Waals surface area contributed by atoms with Crippen LogP contribution < -0.4 is 5.32 Å². The zero-order valence-corrected chi connectivity index (χ0v) is 12.9. The van der Waals surface area contributed by atoms with Crippen LogP contribution in [-0.2, 0) is 11.3 Å². The van der Waals surface area contributed by atoms with Crippen LogP contribution in [0, 0.1) is 6.92 Å². The second-order valence-corrected chi connectivity index (χ2v) is 5.57. The molecule has 1 aromatic rings. The average molecular weight is 280 g/mol. The average Bonchev–Trinajstić information content (AvgIpc) is 2.81. The van der Waals surface area contributed by atoms with E-state index in [1.807, 2.05) is 6.92 Å². The van der Waals surface area contributed by atoms with Crippen molar-refractivity contribution in [3.8, 4) is 0 Å². The van der Waals surface area contributed by atoms with Crippen LogP contribution in [0.3, 0.4) is 0 Å². The number of ether oxygens (including phenoxy) is 1. The molecule has 20 heavy (non-hydrogen) atoms. The molecule has 0 bridgehead atoms. The molecular formula is C15H28N4O. The van der Waals surface area contributed by atoms with Crippen LogP contribution in [-0.4, -0.2) is 54.3 Å². The Morgan fingerprint density at radius 3 is 2.80 bits per heavy atom. The third kappa shape index (κ3) is 4.80. The van der Waals surface area contributed by atoms with Crippen molar-refractivity contribution in [1.82, 2.24) is 14.5 Å². The maximum absolute atomic E-state index is 5.11. The molecule has 0 aromatic carbocycles. The molecule has 1 aromatic heterocycles. The van der Waals surface area contributed by atoms with E-state index in [0.29, 0.717) is 0 Å². The summed E-state index contributed by atoms with van der Waals surface area (Å²) in [6.07, 6.45) is 7.23. The highest BCUT2D eigenvalue weighted by atomic mass is 16.5. The number of hydrogen-bond donors (Lipinski definition) is 1. The number of hydrogen-bond acceptors (Lipinski definition) is 4. The summed E-state index contributed by atoms with van der Waals surface area (Å²) < 4.78 is 7.31. The van der Waals surface area contributed by atoms with Crippen molar-refractivity contribution in [3.63, 3.8) is 0 Å². The number of aromatic nitrogens is 2. The molecule has 0 amide bonds. The summed E-state index contributed by atoms with van der Waals surface area (Å²) in [5.74, 6) is 0.996. The first kappa shape index (κ1) is 15.3. The topological polar surface area (TPSA) is 42.3 Å². The van der Waals surface area contributed by atoms with E-state index in [2.05, 4.69) is 26.0 Å². The molecule has 1 aliphatic heterocycles. The normalized spacial score (nSPS) is 16.5. The van der Waals surface area contributed by atoms with Crippen LogP contribution in [0.1, 0.15) is 31.4 Å². The third-order valence-electron chi connectivity index (χ3n) is 3.80. The van der Waals surface area contributed by atoms with E-state index in [4.69, 9.17) is 4.74 Å². The summed E-state index contributed by atoms with van der Waals surface area (Å²) in [5, 5.41) is 3.48. The van der Waals surface area contributed by atoms with E-state index in [1.165, 1.54) is 32.4 Å². The largest absolute Gasteiger partial charge is 0.385 e. The number of imidazole rings is 1. The van der Waals surface area contributed by atoms with E-state index in [-0.39, 0.29) is 0 Å². The van der Waals surface area contributed by atoms with Gasteiger partial charge in [0.1, 0.15) is 0 Å². The number of aryl methyl sites for hydroxylation is 2. The highest BCUT2D eigenvalue weighted by Gasteiger charge is 2.10. The fourth-order valence-electron chi connectivity index (χ4n) is 2.75. The van der Waals surface area contributed by atoms with Crippen LogP contribution in [0.4, 0.5) is 5.95 Å². The Kier molecular flexibility index (Phi) is 6.33. The Labute approximate surface area is 122 Å². The summed E-state index contributed by atoms with van der Waals surface area (Å²) in [6, 6.07) is 0. The van der Waals surface area contributed by atoms with Crippen molar-refractivity contribution in [3.05, 3.63) is 11.9 Å². The smallest absolute Gasteiger partial charge is 0.203 e. The minimum Gasteiger partial charge on any atom is -0.385 e. The van der Waals surface area contributed by atoms with Crippen molar-refractivity contribution >= 4 is 5.95 Å². The minimum absolute atomic E-state index is 0.796. The number of nitrogens with zero attached hydrogens (tertiary/aromatic N) is 3. The van der Waals surface area contributed by atoms with Crippen LogP contribution in [0.25, 0.3) is 0 Å². The molecule has 1 aliphatic rings. The first-order valence-electron chi connectivity index (χ1n) is 7.78. The lowest BCUT2D eigenvalue weighted by Crippen LogP contribution is -2.34. The lowest BCUT2D eigenvalue weighted by atomic mass is 10.1. The van der Waals surface area contributed by atoms with Gasteiger partial charge in [-0.05, 0) is 39.3 Å². The van der Waals surface area contributed by atoms with Gasteiger partial charge in [-0.15, -0.1) is 0 Å². The zero-order chi connectivity index (χ0) is 14.2. The lowest BCUT2D eigenvalue weighted by molar-refractivity contribution is 0.190. The van der Waals surface area contributed by atoms with E-state index in [9.17, 15) is 0 Å². The number of rotatable bonds is 8. The van der Waals surface area contributed by atoms with Gasteiger partial charge in [-0.3, -0.25) is 0 Å². The molecule has 5 nitrogen and oxygen atoms in total. The standard InChI is InChI=1S/C15H28N4O/c1-14-13-19(10-6-12-20-2)15(17-14)16-7-11-18-8-4-3-5-9-18/h13H,3-12H2,1-2H3,(H,16,17). The molecule has 0 saturated carbocycles. The van der Waals surface area contributed by atoms with Gasteiger partial charge in [-0.1, -0.05) is 6.42 Å². The Hall–Kier alpha value is -1.07.